The zero-order valence-corrected chi connectivity index (χ0v) is 12.9. The van der Waals surface area contributed by atoms with Gasteiger partial charge in [0.25, 0.3) is 0 Å². The van der Waals surface area contributed by atoms with Crippen molar-refractivity contribution >= 4 is 10.0 Å². The van der Waals surface area contributed by atoms with Crippen LogP contribution in [0.1, 0.15) is 6.42 Å². The topological polar surface area (TPSA) is 62.7 Å². The highest BCUT2D eigenvalue weighted by molar-refractivity contribution is 7.89. The van der Waals surface area contributed by atoms with Gasteiger partial charge in [-0.05, 0) is 25.6 Å². The molecule has 7 heteroatoms. The van der Waals surface area contributed by atoms with E-state index in [1.807, 2.05) is 7.05 Å². The smallest absolute Gasteiger partial charge is 0.244 e. The molecule has 0 aliphatic carbocycles. The van der Waals surface area contributed by atoms with E-state index in [4.69, 9.17) is 4.74 Å². The average molecular weight is 299 g/mol. The summed E-state index contributed by atoms with van der Waals surface area (Å²) in [7, 11) is 1.82. The van der Waals surface area contributed by atoms with Crippen LogP contribution in [0.3, 0.4) is 0 Å². The van der Waals surface area contributed by atoms with Crippen molar-refractivity contribution < 1.29 is 13.2 Å². The molecule has 0 saturated carbocycles. The minimum absolute atomic E-state index is 0.177. The van der Waals surface area contributed by atoms with E-state index < -0.39 is 10.0 Å². The largest absolute Gasteiger partial charge is 0.380 e. The number of hydrogen-bond acceptors (Lipinski definition) is 5. The molecule has 2 heterocycles. The Balaban J connectivity index is 2.07. The van der Waals surface area contributed by atoms with Crippen LogP contribution < -0.4 is 0 Å². The van der Waals surface area contributed by atoms with Crippen molar-refractivity contribution in [2.45, 2.75) is 23.5 Å². The molecule has 2 atom stereocenters. The highest BCUT2D eigenvalue weighted by atomic mass is 32.2. The molecule has 1 aliphatic heterocycles. The van der Waals surface area contributed by atoms with Gasteiger partial charge in [-0.3, -0.25) is 9.88 Å². The maximum absolute atomic E-state index is 12.4. The predicted octanol–water partition coefficient (Wildman–Crippen LogP) is 0.421. The Labute approximate surface area is 120 Å². The molecular weight excluding hydrogens is 278 g/mol. The summed E-state index contributed by atoms with van der Waals surface area (Å²) >= 11 is 0. The predicted molar refractivity (Wildman–Crippen MR) is 75.9 cm³/mol. The van der Waals surface area contributed by atoms with Crippen LogP contribution in [0.15, 0.2) is 29.4 Å². The fraction of sp³-hybridized carbons (Fsp3) is 0.615. The van der Waals surface area contributed by atoms with Crippen LogP contribution in [-0.2, 0) is 14.8 Å². The van der Waals surface area contributed by atoms with Gasteiger partial charge in [-0.2, -0.15) is 4.31 Å². The summed E-state index contributed by atoms with van der Waals surface area (Å²) in [5, 5.41) is 0. The van der Waals surface area contributed by atoms with Crippen molar-refractivity contribution in [3.63, 3.8) is 0 Å². The van der Waals surface area contributed by atoms with Gasteiger partial charge in [0.05, 0.1) is 6.10 Å². The van der Waals surface area contributed by atoms with Crippen LogP contribution in [0.25, 0.3) is 0 Å². The van der Waals surface area contributed by atoms with Crippen LogP contribution in [0, 0.1) is 0 Å². The molecule has 0 aromatic carbocycles. The van der Waals surface area contributed by atoms with Crippen LogP contribution in [0.2, 0.25) is 0 Å². The Morgan fingerprint density at radius 3 is 2.85 bits per heavy atom. The standard InChI is InChI=1S/C13H21N3O3S/c1-15-10-12(19-3)7-11(15)9-16(2)20(17,18)13-5-4-6-14-8-13/h4-6,8,11-12H,7,9-10H2,1-3H3/t11-,12-/m0/s1. The molecule has 1 aromatic rings. The van der Waals surface area contributed by atoms with Crippen molar-refractivity contribution in [3.05, 3.63) is 24.5 Å². The number of methoxy groups -OCH3 is 1. The van der Waals surface area contributed by atoms with Crippen molar-refractivity contribution in [1.82, 2.24) is 14.2 Å². The number of hydrogen-bond donors (Lipinski definition) is 0. The van der Waals surface area contributed by atoms with Crippen LogP contribution in [0.5, 0.6) is 0 Å². The second-order valence-electron chi connectivity index (χ2n) is 5.16. The van der Waals surface area contributed by atoms with E-state index in [1.165, 1.54) is 10.5 Å². The molecule has 2 rings (SSSR count). The Morgan fingerprint density at radius 2 is 2.30 bits per heavy atom. The summed E-state index contributed by atoms with van der Waals surface area (Å²) in [5.41, 5.74) is 0. The third kappa shape index (κ3) is 3.17. The fourth-order valence-corrected chi connectivity index (χ4v) is 3.66. The molecule has 0 amide bonds. The maximum Gasteiger partial charge on any atom is 0.244 e. The lowest BCUT2D eigenvalue weighted by molar-refractivity contribution is 0.111. The monoisotopic (exact) mass is 299 g/mol. The molecule has 6 nitrogen and oxygen atoms in total. The van der Waals surface area contributed by atoms with Crippen molar-refractivity contribution in [2.75, 3.05) is 34.3 Å². The quantitative estimate of drug-likeness (QED) is 0.788. The molecule has 1 fully saturated rings. The number of sulfonamides is 1. The Hall–Kier alpha value is -1.02. The number of likely N-dealkylation sites (tertiary alicyclic amines) is 1. The first kappa shape index (κ1) is 15.4. The van der Waals surface area contributed by atoms with Gasteiger partial charge in [0, 0.05) is 45.7 Å². The van der Waals surface area contributed by atoms with Gasteiger partial charge in [-0.15, -0.1) is 0 Å². The zero-order valence-electron chi connectivity index (χ0n) is 12.1. The van der Waals surface area contributed by atoms with Crippen LogP contribution >= 0.6 is 0 Å². The first-order chi connectivity index (χ1) is 9.45. The number of likely N-dealkylation sites (N-methyl/N-ethyl adjacent to an activating group) is 2. The van der Waals surface area contributed by atoms with E-state index in [1.54, 1.807) is 32.5 Å². The molecule has 0 unspecified atom stereocenters. The highest BCUT2D eigenvalue weighted by Crippen LogP contribution is 2.21. The molecular formula is C13H21N3O3S. The van der Waals surface area contributed by atoms with Gasteiger partial charge < -0.3 is 4.74 Å². The van der Waals surface area contributed by atoms with E-state index in [0.717, 1.165) is 13.0 Å². The summed E-state index contributed by atoms with van der Waals surface area (Å²) < 4.78 is 31.6. The summed E-state index contributed by atoms with van der Waals surface area (Å²) in [6, 6.07) is 3.37. The number of ether oxygens (including phenoxy) is 1. The number of pyridine rings is 1. The van der Waals surface area contributed by atoms with Gasteiger partial charge in [0.2, 0.25) is 10.0 Å². The van der Waals surface area contributed by atoms with Crippen LogP contribution in [-0.4, -0.2) is 69.0 Å². The molecule has 1 aromatic heterocycles. The average Bonchev–Trinajstić information content (AvgIpc) is 2.80. The Kier molecular flexibility index (Phi) is 4.74. The van der Waals surface area contributed by atoms with Crippen molar-refractivity contribution in [2.24, 2.45) is 0 Å². The molecule has 0 bridgehead atoms. The molecule has 0 radical (unpaired) electrons. The lowest BCUT2D eigenvalue weighted by Gasteiger charge is -2.25. The third-order valence-electron chi connectivity index (χ3n) is 3.79. The Morgan fingerprint density at radius 1 is 1.55 bits per heavy atom. The van der Waals surface area contributed by atoms with Crippen molar-refractivity contribution in [3.8, 4) is 0 Å². The highest BCUT2D eigenvalue weighted by Gasteiger charge is 2.33. The molecule has 0 spiro atoms. The summed E-state index contributed by atoms with van der Waals surface area (Å²) in [6.45, 7) is 1.29. The zero-order chi connectivity index (χ0) is 14.8. The molecule has 1 saturated heterocycles. The van der Waals surface area contributed by atoms with E-state index in [9.17, 15) is 8.42 Å². The van der Waals surface area contributed by atoms with E-state index in [2.05, 4.69) is 9.88 Å². The Bertz CT molecular complexity index is 535. The lowest BCUT2D eigenvalue weighted by atomic mass is 10.2. The molecule has 0 N–H and O–H groups in total. The second-order valence-corrected chi connectivity index (χ2v) is 7.21. The molecule has 1 aliphatic rings. The normalized spacial score (nSPS) is 24.4. The number of nitrogens with zero attached hydrogens (tertiary/aromatic N) is 3. The molecule has 112 valence electrons. The number of rotatable bonds is 5. The lowest BCUT2D eigenvalue weighted by Crippen LogP contribution is -2.39. The van der Waals surface area contributed by atoms with E-state index in [0.29, 0.717) is 6.54 Å². The minimum atomic E-state index is -3.47. The third-order valence-corrected chi connectivity index (χ3v) is 5.60. The van der Waals surface area contributed by atoms with Crippen LogP contribution in [0.4, 0.5) is 0 Å². The summed E-state index contributed by atoms with van der Waals surface area (Å²) in [4.78, 5) is 6.24. The SMILES string of the molecule is CO[C@H]1C[C@@H](CN(C)S(=O)(=O)c2cccnc2)N(C)C1. The van der Waals surface area contributed by atoms with E-state index in [-0.39, 0.29) is 17.0 Å². The molecule has 20 heavy (non-hydrogen) atoms. The first-order valence-electron chi connectivity index (χ1n) is 6.54. The fourth-order valence-electron chi connectivity index (χ4n) is 2.49. The second kappa shape index (κ2) is 6.17. The van der Waals surface area contributed by atoms with Gasteiger partial charge in [-0.25, -0.2) is 8.42 Å². The van der Waals surface area contributed by atoms with Gasteiger partial charge >= 0.3 is 0 Å². The summed E-state index contributed by atoms with van der Waals surface area (Å²) in [5.74, 6) is 0. The minimum Gasteiger partial charge on any atom is -0.380 e. The van der Waals surface area contributed by atoms with Gasteiger partial charge in [-0.1, -0.05) is 0 Å². The van der Waals surface area contributed by atoms with Crippen molar-refractivity contribution in [1.29, 1.82) is 0 Å². The van der Waals surface area contributed by atoms with E-state index >= 15 is 0 Å². The van der Waals surface area contributed by atoms with Gasteiger partial charge in [0.15, 0.2) is 0 Å². The first-order valence-corrected chi connectivity index (χ1v) is 7.98. The maximum atomic E-state index is 12.4. The number of aromatic nitrogens is 1. The summed E-state index contributed by atoms with van der Waals surface area (Å²) in [6.07, 6.45) is 3.97. The van der Waals surface area contributed by atoms with Gasteiger partial charge in [0.1, 0.15) is 4.90 Å².